The van der Waals surface area contributed by atoms with Gasteiger partial charge in [0.25, 0.3) is 0 Å². The number of para-hydroxylation sites is 1. The summed E-state index contributed by atoms with van der Waals surface area (Å²) in [5.41, 5.74) is 3.31. The Morgan fingerprint density at radius 3 is 2.72 bits per heavy atom. The lowest BCUT2D eigenvalue weighted by Gasteiger charge is -2.51. The maximum Gasteiger partial charge on any atom is 0.219 e. The highest BCUT2D eigenvalue weighted by Gasteiger charge is 2.52. The molecule has 5 rings (SSSR count). The second-order valence-corrected chi connectivity index (χ2v) is 8.22. The first kappa shape index (κ1) is 18.0. The Morgan fingerprint density at radius 1 is 1.21 bits per heavy atom. The van der Waals surface area contributed by atoms with E-state index in [0.717, 1.165) is 34.6 Å². The maximum absolute atomic E-state index is 11.8. The summed E-state index contributed by atoms with van der Waals surface area (Å²) in [6, 6.07) is 13.8. The van der Waals surface area contributed by atoms with E-state index in [0.29, 0.717) is 25.9 Å². The highest BCUT2D eigenvalue weighted by atomic mass is 16.5. The number of ether oxygens (including phenoxy) is 1. The average molecular weight is 391 g/mol. The number of fused-ring (bicyclic) bond motifs is 4. The van der Waals surface area contributed by atoms with Gasteiger partial charge < -0.3 is 14.7 Å². The van der Waals surface area contributed by atoms with Crippen LogP contribution in [0.1, 0.15) is 48.9 Å². The zero-order chi connectivity index (χ0) is 20.2. The summed E-state index contributed by atoms with van der Waals surface area (Å²) in [4.78, 5) is 13.7. The number of aromatic hydroxyl groups is 1. The first-order valence-corrected chi connectivity index (χ1v) is 10.2. The quantitative estimate of drug-likeness (QED) is 0.807. The van der Waals surface area contributed by atoms with Crippen LogP contribution in [-0.4, -0.2) is 45.4 Å². The number of likely N-dealkylation sites (tertiary alicyclic amines) is 1. The number of amides is 1. The largest absolute Gasteiger partial charge is 0.507 e. The summed E-state index contributed by atoms with van der Waals surface area (Å²) in [6.07, 6.45) is 2.12. The van der Waals surface area contributed by atoms with Crippen LogP contribution >= 0.6 is 0 Å². The summed E-state index contributed by atoms with van der Waals surface area (Å²) in [6.45, 7) is 4.94. The van der Waals surface area contributed by atoms with Crippen molar-refractivity contribution in [3.63, 3.8) is 0 Å². The summed E-state index contributed by atoms with van der Waals surface area (Å²) < 4.78 is 6.56. The van der Waals surface area contributed by atoms with Crippen molar-refractivity contribution >= 4 is 11.6 Å². The SMILES string of the molecule is CC(=O)N1CCC2(CC1)Oc1ccccc1[C@@H]1CC(c3cc(C)ccc3O)=NN12. The van der Waals surface area contributed by atoms with Gasteiger partial charge >= 0.3 is 0 Å². The van der Waals surface area contributed by atoms with E-state index in [4.69, 9.17) is 9.84 Å². The molecule has 1 atom stereocenters. The lowest BCUT2D eigenvalue weighted by Crippen LogP contribution is -2.59. The monoisotopic (exact) mass is 391 g/mol. The van der Waals surface area contributed by atoms with Gasteiger partial charge in [0.2, 0.25) is 11.6 Å². The molecule has 2 aromatic rings. The maximum atomic E-state index is 11.8. The van der Waals surface area contributed by atoms with E-state index in [2.05, 4.69) is 11.1 Å². The number of carbonyl (C=O) groups excluding carboxylic acids is 1. The molecule has 0 aliphatic carbocycles. The van der Waals surface area contributed by atoms with E-state index in [1.165, 1.54) is 0 Å². The second kappa shape index (κ2) is 6.51. The lowest BCUT2D eigenvalue weighted by atomic mass is 9.90. The van der Waals surface area contributed by atoms with Crippen molar-refractivity contribution in [3.8, 4) is 11.5 Å². The van der Waals surface area contributed by atoms with Gasteiger partial charge in [-0.1, -0.05) is 29.8 Å². The van der Waals surface area contributed by atoms with Crippen molar-refractivity contribution in [3.05, 3.63) is 59.2 Å². The summed E-state index contributed by atoms with van der Waals surface area (Å²) >= 11 is 0. The molecule has 0 unspecified atom stereocenters. The first-order valence-electron chi connectivity index (χ1n) is 10.2. The third-order valence-electron chi connectivity index (χ3n) is 6.36. The van der Waals surface area contributed by atoms with E-state index in [1.807, 2.05) is 42.2 Å². The summed E-state index contributed by atoms with van der Waals surface area (Å²) in [7, 11) is 0. The smallest absolute Gasteiger partial charge is 0.219 e. The Labute approximate surface area is 170 Å². The number of phenols is 1. The molecule has 1 N–H and O–H groups in total. The highest BCUT2D eigenvalue weighted by molar-refractivity contribution is 6.04. The number of piperidine rings is 1. The molecule has 6 heteroatoms. The minimum absolute atomic E-state index is 0.0683. The molecule has 3 aliphatic heterocycles. The van der Waals surface area contributed by atoms with Crippen LogP contribution < -0.4 is 4.74 Å². The van der Waals surface area contributed by atoms with Gasteiger partial charge in [-0.3, -0.25) is 4.79 Å². The van der Waals surface area contributed by atoms with Crippen molar-refractivity contribution in [1.82, 2.24) is 9.91 Å². The normalized spacial score (nSPS) is 22.0. The molecule has 1 amide bonds. The number of hydrogen-bond donors (Lipinski definition) is 1. The molecule has 29 heavy (non-hydrogen) atoms. The molecular weight excluding hydrogens is 366 g/mol. The number of nitrogens with zero attached hydrogens (tertiary/aromatic N) is 3. The van der Waals surface area contributed by atoms with Crippen molar-refractivity contribution < 1.29 is 14.6 Å². The van der Waals surface area contributed by atoms with Gasteiger partial charge in [-0.25, -0.2) is 5.01 Å². The minimum atomic E-state index is -0.563. The van der Waals surface area contributed by atoms with Crippen LogP contribution in [0.15, 0.2) is 47.6 Å². The highest BCUT2D eigenvalue weighted by Crippen LogP contribution is 2.50. The zero-order valence-corrected chi connectivity index (χ0v) is 16.8. The third kappa shape index (κ3) is 2.85. The van der Waals surface area contributed by atoms with Crippen LogP contribution in [0.5, 0.6) is 11.5 Å². The van der Waals surface area contributed by atoms with Gasteiger partial charge in [-0.15, -0.1) is 0 Å². The molecule has 3 heterocycles. The summed E-state index contributed by atoms with van der Waals surface area (Å²) in [5.74, 6) is 1.25. The van der Waals surface area contributed by atoms with Crippen LogP contribution in [0.3, 0.4) is 0 Å². The number of carbonyl (C=O) groups is 1. The van der Waals surface area contributed by atoms with Gasteiger partial charge in [0, 0.05) is 50.4 Å². The predicted octanol–water partition coefficient (Wildman–Crippen LogP) is 3.58. The molecule has 0 saturated carbocycles. The number of hydrazone groups is 1. The van der Waals surface area contributed by atoms with Crippen LogP contribution in [0.4, 0.5) is 0 Å². The molecule has 0 radical (unpaired) electrons. The second-order valence-electron chi connectivity index (χ2n) is 8.22. The van der Waals surface area contributed by atoms with Gasteiger partial charge in [0.1, 0.15) is 11.5 Å². The fourth-order valence-corrected chi connectivity index (χ4v) is 4.77. The molecule has 1 saturated heterocycles. The van der Waals surface area contributed by atoms with Gasteiger partial charge in [-0.05, 0) is 25.1 Å². The van der Waals surface area contributed by atoms with E-state index in [-0.39, 0.29) is 17.7 Å². The van der Waals surface area contributed by atoms with Crippen LogP contribution in [0, 0.1) is 6.92 Å². The van der Waals surface area contributed by atoms with Crippen molar-refractivity contribution in [2.45, 2.75) is 44.9 Å². The predicted molar refractivity (Wildman–Crippen MR) is 110 cm³/mol. The Morgan fingerprint density at radius 2 is 1.97 bits per heavy atom. The molecule has 2 aromatic carbocycles. The topological polar surface area (TPSA) is 65.4 Å². The molecule has 1 spiro atoms. The Hall–Kier alpha value is -3.02. The number of aryl methyl sites for hydroxylation is 1. The minimum Gasteiger partial charge on any atom is -0.507 e. The van der Waals surface area contributed by atoms with Crippen LogP contribution in [0.25, 0.3) is 0 Å². The molecule has 3 aliphatic rings. The number of phenolic OH excluding ortho intramolecular Hbond substituents is 1. The molecular formula is C23H25N3O3. The van der Waals surface area contributed by atoms with Crippen molar-refractivity contribution in [1.29, 1.82) is 0 Å². The Balaban J connectivity index is 1.56. The summed E-state index contributed by atoms with van der Waals surface area (Å²) in [5, 5.41) is 17.5. The molecule has 0 aromatic heterocycles. The van der Waals surface area contributed by atoms with E-state index < -0.39 is 5.72 Å². The number of rotatable bonds is 1. The van der Waals surface area contributed by atoms with Crippen molar-refractivity contribution in [2.75, 3.05) is 13.1 Å². The molecule has 0 bridgehead atoms. The van der Waals surface area contributed by atoms with E-state index >= 15 is 0 Å². The number of hydrogen-bond acceptors (Lipinski definition) is 5. The van der Waals surface area contributed by atoms with Crippen LogP contribution in [-0.2, 0) is 4.79 Å². The third-order valence-corrected chi connectivity index (χ3v) is 6.36. The van der Waals surface area contributed by atoms with Gasteiger partial charge in [0.15, 0.2) is 0 Å². The Kier molecular flexibility index (Phi) is 4.05. The zero-order valence-electron chi connectivity index (χ0n) is 16.8. The fraction of sp³-hybridized carbons (Fsp3) is 0.391. The van der Waals surface area contributed by atoms with Crippen molar-refractivity contribution in [2.24, 2.45) is 5.10 Å². The van der Waals surface area contributed by atoms with Crippen LogP contribution in [0.2, 0.25) is 0 Å². The van der Waals surface area contributed by atoms with E-state index in [9.17, 15) is 9.90 Å². The fourth-order valence-electron chi connectivity index (χ4n) is 4.77. The first-order chi connectivity index (χ1) is 14.0. The standard InChI is InChI=1S/C23H25N3O3/c1-15-7-8-21(28)18(13-15)19-14-20-17-5-3-4-6-22(17)29-23(26(20)24-19)9-11-25(12-10-23)16(2)27/h3-8,13,20,28H,9-12,14H2,1-2H3/t20-/m0/s1. The lowest BCUT2D eigenvalue weighted by molar-refractivity contribution is -0.158. The number of benzene rings is 2. The van der Waals surface area contributed by atoms with Gasteiger partial charge in [0.05, 0.1) is 11.8 Å². The van der Waals surface area contributed by atoms with Gasteiger partial charge in [-0.2, -0.15) is 5.10 Å². The van der Waals surface area contributed by atoms with E-state index in [1.54, 1.807) is 13.0 Å². The Bertz CT molecular complexity index is 1010. The molecule has 1 fully saturated rings. The molecule has 6 nitrogen and oxygen atoms in total. The average Bonchev–Trinajstić information content (AvgIpc) is 3.17. The molecule has 150 valence electrons.